The first kappa shape index (κ1) is 29.5. The van der Waals surface area contributed by atoms with E-state index >= 15 is 0 Å². The number of hydrogen-bond acceptors (Lipinski definition) is 7. The van der Waals surface area contributed by atoms with Crippen LogP contribution in [0.4, 0.5) is 10.1 Å². The molecule has 0 bridgehead atoms. The summed E-state index contributed by atoms with van der Waals surface area (Å²) in [7, 11) is 0. The average Bonchev–Trinajstić information content (AvgIpc) is 3.98. The fourth-order valence-corrected chi connectivity index (χ4v) is 6.72. The minimum Gasteiger partial charge on any atom is -0.476 e. The Balaban J connectivity index is 1.30. The Morgan fingerprint density at radius 1 is 1.09 bits per heavy atom. The first-order valence-corrected chi connectivity index (χ1v) is 16.0. The van der Waals surface area contributed by atoms with E-state index in [9.17, 15) is 14.0 Å². The highest BCUT2D eigenvalue weighted by molar-refractivity contribution is 6.30. The van der Waals surface area contributed by atoms with Crippen molar-refractivity contribution in [2.45, 2.75) is 63.6 Å². The fraction of sp³-hybridized carbons (Fsp3) is 0.314. The van der Waals surface area contributed by atoms with Crippen LogP contribution in [-0.4, -0.2) is 41.9 Å². The van der Waals surface area contributed by atoms with Crippen LogP contribution in [-0.2, 0) is 23.3 Å². The van der Waals surface area contributed by atoms with E-state index < -0.39 is 22.9 Å². The van der Waals surface area contributed by atoms with Crippen LogP contribution in [0.3, 0.4) is 0 Å². The number of rotatable bonds is 8. The van der Waals surface area contributed by atoms with Crippen molar-refractivity contribution in [1.29, 1.82) is 0 Å². The van der Waals surface area contributed by atoms with Gasteiger partial charge < -0.3 is 15.0 Å². The van der Waals surface area contributed by atoms with E-state index in [1.54, 1.807) is 49.5 Å². The number of aromatic nitrogens is 5. The molecule has 4 aromatic heterocycles. The molecule has 47 heavy (non-hydrogen) atoms. The van der Waals surface area contributed by atoms with Crippen molar-refractivity contribution in [3.8, 4) is 16.9 Å². The van der Waals surface area contributed by atoms with Crippen LogP contribution < -0.4 is 15.4 Å². The molecule has 0 radical (unpaired) electrons. The predicted molar refractivity (Wildman–Crippen MR) is 174 cm³/mol. The predicted octanol–water partition coefficient (Wildman–Crippen LogP) is 5.97. The van der Waals surface area contributed by atoms with Gasteiger partial charge >= 0.3 is 0 Å². The molecule has 2 fully saturated rings. The number of carbonyl (C=O) groups excluding carboxylic acids is 2. The zero-order valence-electron chi connectivity index (χ0n) is 25.8. The lowest BCUT2D eigenvalue weighted by Gasteiger charge is -2.39. The van der Waals surface area contributed by atoms with Crippen molar-refractivity contribution >= 4 is 40.3 Å². The van der Waals surface area contributed by atoms with E-state index in [-0.39, 0.29) is 12.5 Å². The summed E-state index contributed by atoms with van der Waals surface area (Å²) in [6, 6.07) is 12.1. The maximum atomic E-state index is 13.8. The summed E-state index contributed by atoms with van der Waals surface area (Å²) in [5.41, 5.74) is 9.68. The van der Waals surface area contributed by atoms with E-state index in [4.69, 9.17) is 32.0 Å². The third kappa shape index (κ3) is 5.00. The SMILES string of the molecule is CC1(C)Oc2cc(-c3c(C(N)=O)c(CC4CC4)nc4c3ncn4C3(c4ccc(F)cn4)CC3)ccc2N(Cc2ccc(Cl)cn2)C1=O. The van der Waals surface area contributed by atoms with Crippen molar-refractivity contribution in [3.63, 3.8) is 0 Å². The largest absolute Gasteiger partial charge is 0.476 e. The van der Waals surface area contributed by atoms with E-state index in [1.807, 2.05) is 22.8 Å². The van der Waals surface area contributed by atoms with E-state index in [1.165, 1.54) is 12.3 Å². The lowest BCUT2D eigenvalue weighted by molar-refractivity contribution is -0.132. The summed E-state index contributed by atoms with van der Waals surface area (Å²) >= 11 is 6.05. The van der Waals surface area contributed by atoms with Crippen molar-refractivity contribution in [1.82, 2.24) is 24.5 Å². The summed E-state index contributed by atoms with van der Waals surface area (Å²) in [5, 5.41) is 0.506. The molecule has 1 aliphatic heterocycles. The Labute approximate surface area is 274 Å². The van der Waals surface area contributed by atoms with Gasteiger partial charge in [0.25, 0.3) is 11.8 Å². The molecule has 0 saturated heterocycles. The monoisotopic (exact) mass is 651 g/mol. The van der Waals surface area contributed by atoms with Crippen LogP contribution in [0.25, 0.3) is 22.3 Å². The molecule has 0 spiro atoms. The Kier molecular flexibility index (Phi) is 6.63. The molecule has 10 nitrogen and oxygen atoms in total. The second kappa shape index (κ2) is 10.6. The number of imidazole rings is 1. The molecule has 0 atom stereocenters. The highest BCUT2D eigenvalue weighted by Gasteiger charge is 2.49. The summed E-state index contributed by atoms with van der Waals surface area (Å²) in [4.78, 5) is 47.2. The van der Waals surface area contributed by atoms with E-state index in [0.29, 0.717) is 68.0 Å². The topological polar surface area (TPSA) is 129 Å². The molecule has 2 saturated carbocycles. The highest BCUT2D eigenvalue weighted by atomic mass is 35.5. The Morgan fingerprint density at radius 3 is 2.55 bits per heavy atom. The van der Waals surface area contributed by atoms with Crippen LogP contribution >= 0.6 is 11.6 Å². The van der Waals surface area contributed by atoms with Gasteiger partial charge in [-0.25, -0.2) is 14.4 Å². The zero-order chi connectivity index (χ0) is 32.7. The summed E-state index contributed by atoms with van der Waals surface area (Å²) in [5.74, 6) is -0.317. The minimum atomic E-state index is -1.17. The number of nitrogens with zero attached hydrogens (tertiary/aromatic N) is 6. The standard InChI is InChI=1S/C35H31ClFN7O3/c1-34(2)33(46)43(17-23-8-6-21(36)15-39-23)25-9-5-20(14-26(25)47-34)28-29(31(38)45)24(13-19-3-4-19)42-32-30(28)41-18-44(32)35(11-12-35)27-10-7-22(37)16-40-27/h5-10,14-16,18-19H,3-4,11-13,17H2,1-2H3,(H2,38,45). The van der Waals surface area contributed by atoms with Crippen LogP contribution in [0.15, 0.2) is 61.2 Å². The number of hydrogen-bond donors (Lipinski definition) is 1. The number of fused-ring (bicyclic) bond motifs is 2. The molecule has 2 N–H and O–H groups in total. The average molecular weight is 652 g/mol. The smallest absolute Gasteiger partial charge is 0.271 e. The zero-order valence-corrected chi connectivity index (χ0v) is 26.6. The van der Waals surface area contributed by atoms with Gasteiger partial charge in [0.15, 0.2) is 11.2 Å². The number of halogens is 2. The van der Waals surface area contributed by atoms with Gasteiger partial charge in [-0.15, -0.1) is 0 Å². The highest BCUT2D eigenvalue weighted by Crippen LogP contribution is 2.51. The first-order chi connectivity index (χ1) is 22.5. The van der Waals surface area contributed by atoms with Gasteiger partial charge in [-0.2, -0.15) is 0 Å². The third-order valence-electron chi connectivity index (χ3n) is 9.35. The quantitative estimate of drug-likeness (QED) is 0.219. The molecule has 0 unspecified atom stereocenters. The van der Waals surface area contributed by atoms with Crippen molar-refractivity contribution < 1.29 is 18.7 Å². The van der Waals surface area contributed by atoms with E-state index in [2.05, 4.69) is 9.97 Å². The van der Waals surface area contributed by atoms with Crippen molar-refractivity contribution in [3.05, 3.63) is 94.7 Å². The molecule has 5 aromatic rings. The number of carbonyl (C=O) groups is 2. The Hall–Kier alpha value is -4.90. The Morgan fingerprint density at radius 2 is 1.89 bits per heavy atom. The number of primary amides is 1. The maximum Gasteiger partial charge on any atom is 0.271 e. The molecule has 12 heteroatoms. The normalized spacial score (nSPS) is 17.8. The molecular formula is C35H31ClFN7O3. The van der Waals surface area contributed by atoms with Gasteiger partial charge in [-0.05, 0) is 93.8 Å². The van der Waals surface area contributed by atoms with Gasteiger partial charge in [0.2, 0.25) is 0 Å². The third-order valence-corrected chi connectivity index (χ3v) is 9.57. The van der Waals surface area contributed by atoms with Crippen molar-refractivity contribution in [2.24, 2.45) is 11.7 Å². The minimum absolute atomic E-state index is 0.215. The van der Waals surface area contributed by atoms with Crippen LogP contribution in [0, 0.1) is 11.7 Å². The first-order valence-electron chi connectivity index (χ1n) is 15.6. The molecular weight excluding hydrogens is 621 g/mol. The number of nitrogens with two attached hydrogens (primary N) is 1. The van der Waals surface area contributed by atoms with Gasteiger partial charge in [0.05, 0.1) is 58.0 Å². The fourth-order valence-electron chi connectivity index (χ4n) is 6.61. The van der Waals surface area contributed by atoms with Crippen LogP contribution in [0.1, 0.15) is 67.0 Å². The molecule has 5 heterocycles. The van der Waals surface area contributed by atoms with E-state index in [0.717, 1.165) is 31.4 Å². The molecule has 8 rings (SSSR count). The van der Waals surface area contributed by atoms with Crippen molar-refractivity contribution in [2.75, 3.05) is 4.90 Å². The van der Waals surface area contributed by atoms with Gasteiger partial charge in [-0.3, -0.25) is 24.5 Å². The molecule has 1 aromatic carbocycles. The number of amides is 2. The molecule has 238 valence electrons. The Bertz CT molecular complexity index is 2090. The molecule has 2 amide bonds. The molecule has 2 aliphatic carbocycles. The maximum absolute atomic E-state index is 13.8. The lowest BCUT2D eigenvalue weighted by atomic mass is 9.94. The summed E-state index contributed by atoms with van der Waals surface area (Å²) in [6.07, 6.45) is 8.81. The number of anilines is 1. The molecule has 3 aliphatic rings. The van der Waals surface area contributed by atoms with Gasteiger partial charge in [0.1, 0.15) is 17.1 Å². The van der Waals surface area contributed by atoms with Gasteiger partial charge in [-0.1, -0.05) is 17.7 Å². The second-order valence-corrected chi connectivity index (χ2v) is 13.6. The summed E-state index contributed by atoms with van der Waals surface area (Å²) < 4.78 is 22.1. The number of pyridine rings is 3. The van der Waals surface area contributed by atoms with Crippen LogP contribution in [0.2, 0.25) is 5.02 Å². The lowest BCUT2D eigenvalue weighted by Crippen LogP contribution is -2.52. The second-order valence-electron chi connectivity index (χ2n) is 13.2. The number of ether oxygens (including phenoxy) is 1. The summed E-state index contributed by atoms with van der Waals surface area (Å²) in [6.45, 7) is 3.66. The van der Waals surface area contributed by atoms with Gasteiger partial charge in [0, 0.05) is 11.8 Å². The van der Waals surface area contributed by atoms with Crippen LogP contribution in [0.5, 0.6) is 5.75 Å². The number of benzene rings is 1.